The van der Waals surface area contributed by atoms with Crippen molar-refractivity contribution in [1.29, 1.82) is 0 Å². The quantitative estimate of drug-likeness (QED) is 0.774. The Kier molecular flexibility index (Phi) is 5.03. The Labute approximate surface area is 153 Å². The fourth-order valence-electron chi connectivity index (χ4n) is 2.82. The smallest absolute Gasteiger partial charge is 0.263 e. The van der Waals surface area contributed by atoms with Crippen LogP contribution in [0, 0.1) is 20.8 Å². The van der Waals surface area contributed by atoms with Gasteiger partial charge in [-0.25, -0.2) is 0 Å². The van der Waals surface area contributed by atoms with Crippen molar-refractivity contribution in [2.45, 2.75) is 27.3 Å². The van der Waals surface area contributed by atoms with E-state index in [1.807, 2.05) is 63.2 Å². The second-order valence-corrected chi connectivity index (χ2v) is 6.53. The molecule has 3 rings (SSSR count). The van der Waals surface area contributed by atoms with Gasteiger partial charge in [0.15, 0.2) is 0 Å². The average Bonchev–Trinajstić information content (AvgIpc) is 2.61. The maximum absolute atomic E-state index is 12.7. The molecule has 2 aromatic carbocycles. The molecule has 0 saturated heterocycles. The molecule has 0 saturated carbocycles. The van der Waals surface area contributed by atoms with Crippen molar-refractivity contribution in [3.05, 3.63) is 99.0 Å². The highest BCUT2D eigenvalue weighted by Gasteiger charge is 2.13. The van der Waals surface area contributed by atoms with Crippen LogP contribution in [0.25, 0.3) is 0 Å². The van der Waals surface area contributed by atoms with Gasteiger partial charge in [0, 0.05) is 11.9 Å². The Balaban J connectivity index is 1.86. The first-order chi connectivity index (χ1) is 12.5. The van der Waals surface area contributed by atoms with Crippen LogP contribution in [-0.2, 0) is 6.54 Å². The van der Waals surface area contributed by atoms with Crippen LogP contribution in [0.4, 0.5) is 5.69 Å². The minimum absolute atomic E-state index is 0.138. The molecule has 0 aliphatic rings. The van der Waals surface area contributed by atoms with Crippen LogP contribution in [0.3, 0.4) is 0 Å². The van der Waals surface area contributed by atoms with E-state index in [0.717, 1.165) is 22.3 Å². The largest absolute Gasteiger partial charge is 0.322 e. The van der Waals surface area contributed by atoms with Gasteiger partial charge in [-0.3, -0.25) is 9.59 Å². The Morgan fingerprint density at radius 2 is 1.69 bits per heavy atom. The molecule has 0 radical (unpaired) electrons. The van der Waals surface area contributed by atoms with Gasteiger partial charge >= 0.3 is 0 Å². The Morgan fingerprint density at radius 1 is 0.923 bits per heavy atom. The third kappa shape index (κ3) is 3.75. The van der Waals surface area contributed by atoms with E-state index in [2.05, 4.69) is 5.32 Å². The van der Waals surface area contributed by atoms with Crippen molar-refractivity contribution in [1.82, 2.24) is 4.57 Å². The lowest BCUT2D eigenvalue weighted by atomic mass is 10.1. The summed E-state index contributed by atoms with van der Waals surface area (Å²) in [5, 5.41) is 2.82. The van der Waals surface area contributed by atoms with Gasteiger partial charge in [0.2, 0.25) is 0 Å². The lowest BCUT2D eigenvalue weighted by Crippen LogP contribution is -2.29. The number of aromatic nitrogens is 1. The fraction of sp³-hybridized carbons (Fsp3) is 0.182. The summed E-state index contributed by atoms with van der Waals surface area (Å²) in [4.78, 5) is 25.3. The topological polar surface area (TPSA) is 51.1 Å². The first-order valence-electron chi connectivity index (χ1n) is 8.58. The van der Waals surface area contributed by atoms with Crippen LogP contribution < -0.4 is 10.9 Å². The molecule has 0 aliphatic heterocycles. The number of carbonyl (C=O) groups excluding carboxylic acids is 1. The number of hydrogen-bond acceptors (Lipinski definition) is 2. The SMILES string of the molecule is Cc1ccc(NC(=O)c2cccn(Cc3ccccc3C)c2=O)cc1C. The summed E-state index contributed by atoms with van der Waals surface area (Å²) in [7, 11) is 0. The third-order valence-electron chi connectivity index (χ3n) is 4.63. The number of anilines is 1. The Morgan fingerprint density at radius 3 is 2.42 bits per heavy atom. The number of nitrogens with zero attached hydrogens (tertiary/aromatic N) is 1. The molecule has 1 amide bonds. The van der Waals surface area contributed by atoms with Gasteiger partial charge in [-0.15, -0.1) is 0 Å². The van der Waals surface area contributed by atoms with E-state index in [4.69, 9.17) is 0 Å². The molecule has 1 heterocycles. The first kappa shape index (κ1) is 17.7. The average molecular weight is 346 g/mol. The van der Waals surface area contributed by atoms with Crippen LogP contribution in [0.2, 0.25) is 0 Å². The molecule has 4 nitrogen and oxygen atoms in total. The summed E-state index contributed by atoms with van der Waals surface area (Å²) in [6, 6.07) is 16.9. The summed E-state index contributed by atoms with van der Waals surface area (Å²) in [5.41, 5.74) is 4.95. The van der Waals surface area contributed by atoms with Gasteiger partial charge in [0.25, 0.3) is 11.5 Å². The summed E-state index contributed by atoms with van der Waals surface area (Å²) in [6.07, 6.45) is 1.71. The van der Waals surface area contributed by atoms with E-state index in [1.165, 1.54) is 0 Å². The lowest BCUT2D eigenvalue weighted by molar-refractivity contribution is 0.102. The first-order valence-corrected chi connectivity index (χ1v) is 8.58. The zero-order chi connectivity index (χ0) is 18.7. The van der Waals surface area contributed by atoms with Crippen molar-refractivity contribution in [2.75, 3.05) is 5.32 Å². The Bertz CT molecular complexity index is 1020. The van der Waals surface area contributed by atoms with E-state index in [9.17, 15) is 9.59 Å². The van der Waals surface area contributed by atoms with Gasteiger partial charge in [0.1, 0.15) is 5.56 Å². The van der Waals surface area contributed by atoms with Gasteiger partial charge in [-0.1, -0.05) is 30.3 Å². The monoisotopic (exact) mass is 346 g/mol. The molecular formula is C22H22N2O2. The van der Waals surface area contributed by atoms with Crippen molar-refractivity contribution in [3.63, 3.8) is 0 Å². The van der Waals surface area contributed by atoms with Crippen molar-refractivity contribution in [3.8, 4) is 0 Å². The second kappa shape index (κ2) is 7.40. The zero-order valence-electron chi connectivity index (χ0n) is 15.2. The van der Waals surface area contributed by atoms with Crippen molar-refractivity contribution < 1.29 is 4.79 Å². The number of pyridine rings is 1. The van der Waals surface area contributed by atoms with Crippen molar-refractivity contribution in [2.24, 2.45) is 0 Å². The van der Waals surface area contributed by atoms with Crippen LogP contribution in [0.1, 0.15) is 32.6 Å². The summed E-state index contributed by atoms with van der Waals surface area (Å²) >= 11 is 0. The van der Waals surface area contributed by atoms with E-state index in [1.54, 1.807) is 22.9 Å². The van der Waals surface area contributed by atoms with E-state index < -0.39 is 5.91 Å². The number of benzene rings is 2. The molecule has 3 aromatic rings. The predicted molar refractivity (Wildman–Crippen MR) is 105 cm³/mol. The van der Waals surface area contributed by atoms with E-state index >= 15 is 0 Å². The van der Waals surface area contributed by atoms with E-state index in [-0.39, 0.29) is 11.1 Å². The fourth-order valence-corrected chi connectivity index (χ4v) is 2.82. The summed E-state index contributed by atoms with van der Waals surface area (Å²) in [6.45, 7) is 6.46. The molecular weight excluding hydrogens is 324 g/mol. The molecule has 1 aromatic heterocycles. The van der Waals surface area contributed by atoms with Crippen molar-refractivity contribution >= 4 is 11.6 Å². The predicted octanol–water partition coefficient (Wildman–Crippen LogP) is 4.07. The van der Waals surface area contributed by atoms with Gasteiger partial charge < -0.3 is 9.88 Å². The summed E-state index contributed by atoms with van der Waals surface area (Å²) < 4.78 is 1.57. The lowest BCUT2D eigenvalue weighted by Gasteiger charge is -2.11. The summed E-state index contributed by atoms with van der Waals surface area (Å²) in [5.74, 6) is -0.391. The number of carbonyl (C=O) groups is 1. The third-order valence-corrected chi connectivity index (χ3v) is 4.63. The molecule has 1 N–H and O–H groups in total. The highest BCUT2D eigenvalue weighted by Crippen LogP contribution is 2.15. The molecule has 132 valence electrons. The minimum atomic E-state index is -0.391. The van der Waals surface area contributed by atoms with Crippen LogP contribution in [-0.4, -0.2) is 10.5 Å². The highest BCUT2D eigenvalue weighted by atomic mass is 16.2. The highest BCUT2D eigenvalue weighted by molar-refractivity contribution is 6.04. The van der Waals surface area contributed by atoms with Crippen LogP contribution >= 0.6 is 0 Å². The minimum Gasteiger partial charge on any atom is -0.322 e. The molecule has 26 heavy (non-hydrogen) atoms. The molecule has 0 aliphatic carbocycles. The molecule has 4 heteroatoms. The maximum atomic E-state index is 12.7. The van der Waals surface area contributed by atoms with Crippen LogP contribution in [0.5, 0.6) is 0 Å². The molecule has 0 atom stereocenters. The number of nitrogens with one attached hydrogen (secondary N) is 1. The molecule has 0 spiro atoms. The van der Waals surface area contributed by atoms with E-state index in [0.29, 0.717) is 12.2 Å². The maximum Gasteiger partial charge on any atom is 0.263 e. The molecule has 0 bridgehead atoms. The van der Waals surface area contributed by atoms with Gasteiger partial charge in [-0.2, -0.15) is 0 Å². The molecule has 0 fully saturated rings. The zero-order valence-corrected chi connectivity index (χ0v) is 15.2. The number of hydrogen-bond donors (Lipinski definition) is 1. The number of aryl methyl sites for hydroxylation is 3. The second-order valence-electron chi connectivity index (χ2n) is 6.53. The Hall–Kier alpha value is -3.14. The normalized spacial score (nSPS) is 10.6. The van der Waals surface area contributed by atoms with Crippen LogP contribution in [0.15, 0.2) is 65.6 Å². The number of rotatable bonds is 4. The number of amides is 1. The van der Waals surface area contributed by atoms with Gasteiger partial charge in [-0.05, 0) is 67.3 Å². The van der Waals surface area contributed by atoms with Gasteiger partial charge in [0.05, 0.1) is 6.54 Å². The standard InChI is InChI=1S/C22H22N2O2/c1-15-10-11-19(13-17(15)3)23-21(25)20-9-6-12-24(22(20)26)14-18-8-5-4-7-16(18)2/h4-13H,14H2,1-3H3,(H,23,25). The molecule has 0 unspecified atom stereocenters.